The van der Waals surface area contributed by atoms with Gasteiger partial charge >= 0.3 is 0 Å². The first-order valence-corrected chi connectivity index (χ1v) is 6.60. The van der Waals surface area contributed by atoms with Gasteiger partial charge in [0.05, 0.1) is 17.4 Å². The van der Waals surface area contributed by atoms with Crippen molar-refractivity contribution in [3.8, 4) is 0 Å². The van der Waals surface area contributed by atoms with E-state index in [0.29, 0.717) is 6.04 Å². The van der Waals surface area contributed by atoms with Crippen LogP contribution in [0, 0.1) is 6.92 Å². The molecule has 2 nitrogen and oxygen atoms in total. The maximum Gasteiger partial charge on any atom is 0.0632 e. The molecule has 0 saturated heterocycles. The third-order valence-corrected chi connectivity index (χ3v) is 4.20. The van der Waals surface area contributed by atoms with Crippen LogP contribution in [0.2, 0.25) is 0 Å². The topological polar surface area (TPSA) is 29.3 Å². The smallest absolute Gasteiger partial charge is 0.0632 e. The van der Waals surface area contributed by atoms with E-state index in [4.69, 9.17) is 5.73 Å². The van der Waals surface area contributed by atoms with Gasteiger partial charge in [0.15, 0.2) is 0 Å². The maximum atomic E-state index is 6.08. The molecule has 2 aromatic rings. The standard InChI is InChI=1S/C14H18N2S/c1-10-6-4-7-12(15)14(10)16(3)11(2)13-8-5-9-17-13/h4-9,11H,15H2,1-3H3. The van der Waals surface area contributed by atoms with E-state index >= 15 is 0 Å². The van der Waals surface area contributed by atoms with Gasteiger partial charge in [-0.3, -0.25) is 0 Å². The highest BCUT2D eigenvalue weighted by atomic mass is 32.1. The number of hydrogen-bond donors (Lipinski definition) is 1. The Morgan fingerprint density at radius 1 is 1.24 bits per heavy atom. The van der Waals surface area contributed by atoms with Gasteiger partial charge in [-0.05, 0) is 36.9 Å². The van der Waals surface area contributed by atoms with Crippen LogP contribution in [0.5, 0.6) is 0 Å². The number of aryl methyl sites for hydroxylation is 1. The summed E-state index contributed by atoms with van der Waals surface area (Å²) in [6.07, 6.45) is 0. The number of benzene rings is 1. The van der Waals surface area contributed by atoms with Crippen molar-refractivity contribution in [1.82, 2.24) is 0 Å². The van der Waals surface area contributed by atoms with Crippen LogP contribution in [-0.2, 0) is 0 Å². The third-order valence-electron chi connectivity index (χ3n) is 3.16. The Kier molecular flexibility index (Phi) is 3.38. The molecule has 1 atom stereocenters. The zero-order chi connectivity index (χ0) is 12.4. The van der Waals surface area contributed by atoms with Crippen molar-refractivity contribution in [1.29, 1.82) is 0 Å². The van der Waals surface area contributed by atoms with Crippen LogP contribution in [0.1, 0.15) is 23.4 Å². The van der Waals surface area contributed by atoms with Crippen LogP contribution in [0.25, 0.3) is 0 Å². The fraction of sp³-hybridized carbons (Fsp3) is 0.286. The molecule has 0 fully saturated rings. The first-order chi connectivity index (χ1) is 8.11. The first-order valence-electron chi connectivity index (χ1n) is 5.72. The van der Waals surface area contributed by atoms with Crippen molar-refractivity contribution >= 4 is 22.7 Å². The summed E-state index contributed by atoms with van der Waals surface area (Å²) >= 11 is 1.78. The molecule has 0 radical (unpaired) electrons. The molecule has 0 aliphatic rings. The summed E-state index contributed by atoms with van der Waals surface area (Å²) < 4.78 is 0. The van der Waals surface area contributed by atoms with E-state index in [0.717, 1.165) is 11.4 Å². The normalized spacial score (nSPS) is 12.4. The van der Waals surface area contributed by atoms with Gasteiger partial charge in [-0.1, -0.05) is 18.2 Å². The number of anilines is 2. The molecule has 17 heavy (non-hydrogen) atoms. The number of nitrogen functional groups attached to an aromatic ring is 1. The van der Waals surface area contributed by atoms with Crippen LogP contribution in [0.3, 0.4) is 0 Å². The third kappa shape index (κ3) is 2.29. The minimum atomic E-state index is 0.346. The largest absolute Gasteiger partial charge is 0.397 e. The molecule has 0 saturated carbocycles. The molecule has 1 heterocycles. The summed E-state index contributed by atoms with van der Waals surface area (Å²) in [7, 11) is 2.10. The minimum Gasteiger partial charge on any atom is -0.397 e. The molecule has 0 aliphatic heterocycles. The lowest BCUT2D eigenvalue weighted by atomic mass is 10.1. The molecule has 2 N–H and O–H groups in total. The average Bonchev–Trinajstić information content (AvgIpc) is 2.81. The monoisotopic (exact) mass is 246 g/mol. The predicted molar refractivity (Wildman–Crippen MR) is 76.7 cm³/mol. The summed E-state index contributed by atoms with van der Waals surface area (Å²) in [6, 6.07) is 10.7. The summed E-state index contributed by atoms with van der Waals surface area (Å²) in [5.41, 5.74) is 9.27. The zero-order valence-electron chi connectivity index (χ0n) is 10.5. The molecule has 3 heteroatoms. The summed E-state index contributed by atoms with van der Waals surface area (Å²) in [6.45, 7) is 4.31. The molecular weight excluding hydrogens is 228 g/mol. The summed E-state index contributed by atoms with van der Waals surface area (Å²) in [5, 5.41) is 2.11. The zero-order valence-corrected chi connectivity index (χ0v) is 11.3. The quantitative estimate of drug-likeness (QED) is 0.834. The molecule has 2 rings (SSSR count). The summed E-state index contributed by atoms with van der Waals surface area (Å²) in [4.78, 5) is 3.60. The second kappa shape index (κ2) is 4.80. The first kappa shape index (κ1) is 12.0. The van der Waals surface area contributed by atoms with Crippen LogP contribution >= 0.6 is 11.3 Å². The van der Waals surface area contributed by atoms with Gasteiger partial charge in [0.1, 0.15) is 0 Å². The van der Waals surface area contributed by atoms with Crippen molar-refractivity contribution in [3.05, 3.63) is 46.2 Å². The second-order valence-electron chi connectivity index (χ2n) is 4.32. The van der Waals surface area contributed by atoms with Crippen LogP contribution in [-0.4, -0.2) is 7.05 Å². The molecule has 1 aromatic heterocycles. The SMILES string of the molecule is Cc1cccc(N)c1N(C)C(C)c1cccs1. The Labute approximate surface area is 107 Å². The number of hydrogen-bond acceptors (Lipinski definition) is 3. The highest BCUT2D eigenvalue weighted by molar-refractivity contribution is 7.10. The van der Waals surface area contributed by atoms with Gasteiger partial charge in [-0.15, -0.1) is 11.3 Å². The number of thiophene rings is 1. The van der Waals surface area contributed by atoms with Gasteiger partial charge in [-0.25, -0.2) is 0 Å². The second-order valence-corrected chi connectivity index (χ2v) is 5.29. The molecular formula is C14H18N2S. The highest BCUT2D eigenvalue weighted by Crippen LogP contribution is 2.33. The average molecular weight is 246 g/mol. The van der Waals surface area contributed by atoms with E-state index in [1.54, 1.807) is 11.3 Å². The highest BCUT2D eigenvalue weighted by Gasteiger charge is 2.16. The maximum absolute atomic E-state index is 6.08. The van der Waals surface area contributed by atoms with E-state index in [1.807, 2.05) is 12.1 Å². The number of para-hydroxylation sites is 1. The number of rotatable bonds is 3. The van der Waals surface area contributed by atoms with Gasteiger partial charge < -0.3 is 10.6 Å². The van der Waals surface area contributed by atoms with Crippen molar-refractivity contribution in [3.63, 3.8) is 0 Å². The van der Waals surface area contributed by atoms with Crippen molar-refractivity contribution in [2.45, 2.75) is 19.9 Å². The Morgan fingerprint density at radius 3 is 2.59 bits per heavy atom. The molecule has 0 bridgehead atoms. The lowest BCUT2D eigenvalue weighted by Gasteiger charge is -2.29. The molecule has 1 aromatic carbocycles. The van der Waals surface area contributed by atoms with Crippen LogP contribution < -0.4 is 10.6 Å². The van der Waals surface area contributed by atoms with Gasteiger partial charge in [-0.2, -0.15) is 0 Å². The molecule has 0 spiro atoms. The molecule has 1 unspecified atom stereocenters. The minimum absolute atomic E-state index is 0.346. The summed E-state index contributed by atoms with van der Waals surface area (Å²) in [5.74, 6) is 0. The Hall–Kier alpha value is -1.48. The van der Waals surface area contributed by atoms with Gasteiger partial charge in [0, 0.05) is 11.9 Å². The van der Waals surface area contributed by atoms with E-state index in [-0.39, 0.29) is 0 Å². The Morgan fingerprint density at radius 2 is 2.00 bits per heavy atom. The Balaban J connectivity index is 2.34. The van der Waals surface area contributed by atoms with Crippen molar-refractivity contribution in [2.75, 3.05) is 17.7 Å². The number of nitrogens with two attached hydrogens (primary N) is 1. The van der Waals surface area contributed by atoms with Gasteiger partial charge in [0.2, 0.25) is 0 Å². The van der Waals surface area contributed by atoms with Crippen molar-refractivity contribution < 1.29 is 0 Å². The fourth-order valence-corrected chi connectivity index (χ4v) is 2.90. The lowest BCUT2D eigenvalue weighted by molar-refractivity contribution is 0.753. The van der Waals surface area contributed by atoms with Crippen LogP contribution in [0.4, 0.5) is 11.4 Å². The van der Waals surface area contributed by atoms with Gasteiger partial charge in [0.25, 0.3) is 0 Å². The van der Waals surface area contributed by atoms with E-state index in [1.165, 1.54) is 10.4 Å². The molecule has 90 valence electrons. The lowest BCUT2D eigenvalue weighted by Crippen LogP contribution is -2.22. The van der Waals surface area contributed by atoms with Crippen LogP contribution in [0.15, 0.2) is 35.7 Å². The molecule has 0 aliphatic carbocycles. The fourth-order valence-electron chi connectivity index (χ4n) is 2.08. The van der Waals surface area contributed by atoms with E-state index < -0.39 is 0 Å². The Bertz CT molecular complexity index is 471. The van der Waals surface area contributed by atoms with E-state index in [2.05, 4.69) is 49.4 Å². The number of nitrogens with zero attached hydrogens (tertiary/aromatic N) is 1. The van der Waals surface area contributed by atoms with Crippen molar-refractivity contribution in [2.24, 2.45) is 0 Å². The predicted octanol–water partition coefficient (Wildman–Crippen LogP) is 3.84. The van der Waals surface area contributed by atoms with E-state index in [9.17, 15) is 0 Å². The molecule has 0 amide bonds.